The summed E-state index contributed by atoms with van der Waals surface area (Å²) in [5.74, 6) is 0. The highest BCUT2D eigenvalue weighted by atomic mass is 16.2. The average Bonchev–Trinajstić information content (AvgIpc) is 3.01. The molecule has 0 bridgehead atoms. The molecule has 0 aliphatic rings. The maximum Gasteiger partial charge on any atom is 0.348 e. The van der Waals surface area contributed by atoms with E-state index in [1.165, 1.54) is 0 Å². The van der Waals surface area contributed by atoms with Gasteiger partial charge in [-0.2, -0.15) is 5.10 Å². The third-order valence-electron chi connectivity index (χ3n) is 2.62. The molecule has 0 radical (unpaired) electrons. The summed E-state index contributed by atoms with van der Waals surface area (Å²) in [6.45, 7) is 0. The molecule has 0 fully saturated rings. The fourth-order valence-electron chi connectivity index (χ4n) is 1.75. The van der Waals surface area contributed by atoms with Crippen molar-refractivity contribution in [1.82, 2.24) is 25.0 Å². The number of rotatable bonds is 2. The van der Waals surface area contributed by atoms with Crippen molar-refractivity contribution in [3.8, 4) is 16.9 Å². The molecule has 90 valence electrons. The Bertz CT molecular complexity index is 733. The zero-order valence-electron chi connectivity index (χ0n) is 9.18. The van der Waals surface area contributed by atoms with Crippen LogP contribution in [0, 0.1) is 0 Å². The van der Waals surface area contributed by atoms with Crippen LogP contribution >= 0.6 is 0 Å². The van der Waals surface area contributed by atoms with Crippen LogP contribution in [0.4, 0.5) is 0 Å². The van der Waals surface area contributed by atoms with E-state index in [2.05, 4.69) is 20.4 Å². The Morgan fingerprint density at radius 3 is 2.17 bits per heavy atom. The first-order chi connectivity index (χ1) is 8.75. The molecule has 7 nitrogen and oxygen atoms in total. The maximum atomic E-state index is 11.4. The van der Waals surface area contributed by atoms with Gasteiger partial charge in [0.15, 0.2) is 0 Å². The fourth-order valence-corrected chi connectivity index (χ4v) is 1.75. The molecular weight excluding hydrogens is 234 g/mol. The average molecular weight is 243 g/mol. The van der Waals surface area contributed by atoms with Crippen molar-refractivity contribution in [3.63, 3.8) is 0 Å². The van der Waals surface area contributed by atoms with E-state index in [0.29, 0.717) is 5.69 Å². The molecule has 3 N–H and O–H groups in total. The van der Waals surface area contributed by atoms with Crippen molar-refractivity contribution in [2.24, 2.45) is 0 Å². The van der Waals surface area contributed by atoms with Crippen LogP contribution in [0.15, 0.2) is 46.1 Å². The van der Waals surface area contributed by atoms with E-state index >= 15 is 0 Å². The van der Waals surface area contributed by atoms with Gasteiger partial charge >= 0.3 is 11.4 Å². The highest BCUT2D eigenvalue weighted by molar-refractivity contribution is 5.60. The molecule has 3 aromatic rings. The third kappa shape index (κ3) is 1.58. The SMILES string of the molecule is O=c1[nH][nH]c(=O)n1-c1ccc(-c2ccn[nH]2)cc1. The van der Waals surface area contributed by atoms with Crippen molar-refractivity contribution in [1.29, 1.82) is 0 Å². The number of aromatic nitrogens is 5. The van der Waals surface area contributed by atoms with Crippen LogP contribution in [-0.4, -0.2) is 25.0 Å². The highest BCUT2D eigenvalue weighted by Crippen LogP contribution is 2.17. The van der Waals surface area contributed by atoms with Gasteiger partial charge in [-0.25, -0.2) is 24.4 Å². The van der Waals surface area contributed by atoms with Gasteiger partial charge in [-0.1, -0.05) is 12.1 Å². The van der Waals surface area contributed by atoms with Crippen LogP contribution in [0.25, 0.3) is 16.9 Å². The summed E-state index contributed by atoms with van der Waals surface area (Å²) in [5.41, 5.74) is 1.32. The van der Waals surface area contributed by atoms with E-state index in [9.17, 15) is 9.59 Å². The lowest BCUT2D eigenvalue weighted by Crippen LogP contribution is -2.24. The van der Waals surface area contributed by atoms with Gasteiger partial charge in [-0.05, 0) is 23.8 Å². The Morgan fingerprint density at radius 2 is 1.61 bits per heavy atom. The number of H-pyrrole nitrogens is 3. The summed E-state index contributed by atoms with van der Waals surface area (Å²) in [7, 11) is 0. The molecule has 7 heteroatoms. The molecule has 3 rings (SSSR count). The van der Waals surface area contributed by atoms with Crippen LogP contribution < -0.4 is 11.4 Å². The number of nitrogens with one attached hydrogen (secondary N) is 3. The number of benzene rings is 1. The lowest BCUT2D eigenvalue weighted by molar-refractivity contribution is 0.952. The Labute approximate surface area is 100 Å². The standard InChI is InChI=1S/C11H9N5O2/c17-10-14-15-11(18)16(10)8-3-1-7(2-4-8)9-5-6-12-13-9/h1-6H,(H,12,13)(H,14,17)(H,15,18). The lowest BCUT2D eigenvalue weighted by atomic mass is 10.1. The predicted octanol–water partition coefficient (Wildman–Crippen LogP) is 0.244. The first-order valence-corrected chi connectivity index (χ1v) is 5.25. The molecule has 0 aliphatic carbocycles. The van der Waals surface area contributed by atoms with Gasteiger partial charge < -0.3 is 0 Å². The van der Waals surface area contributed by atoms with Crippen molar-refractivity contribution in [3.05, 3.63) is 57.5 Å². The summed E-state index contributed by atoms with van der Waals surface area (Å²) in [5, 5.41) is 11.2. The normalized spacial score (nSPS) is 10.7. The Kier molecular flexibility index (Phi) is 2.23. The summed E-state index contributed by atoms with van der Waals surface area (Å²) in [4.78, 5) is 22.8. The zero-order chi connectivity index (χ0) is 12.5. The van der Waals surface area contributed by atoms with Gasteiger partial charge in [0.1, 0.15) is 0 Å². The molecule has 0 atom stereocenters. The molecule has 0 saturated carbocycles. The van der Waals surface area contributed by atoms with Gasteiger partial charge in [-0.15, -0.1) is 0 Å². The number of aromatic amines is 3. The minimum absolute atomic E-state index is 0.491. The second kappa shape index (κ2) is 3.88. The molecule has 0 aliphatic heterocycles. The van der Waals surface area contributed by atoms with Crippen LogP contribution in [0.1, 0.15) is 0 Å². The third-order valence-corrected chi connectivity index (χ3v) is 2.62. The van der Waals surface area contributed by atoms with Gasteiger partial charge in [0.2, 0.25) is 0 Å². The van der Waals surface area contributed by atoms with Crippen molar-refractivity contribution < 1.29 is 0 Å². The molecule has 18 heavy (non-hydrogen) atoms. The molecular formula is C11H9N5O2. The number of hydrogen-bond acceptors (Lipinski definition) is 3. The monoisotopic (exact) mass is 243 g/mol. The molecule has 2 heterocycles. The van der Waals surface area contributed by atoms with Gasteiger partial charge in [0.25, 0.3) is 0 Å². The molecule has 0 amide bonds. The lowest BCUT2D eigenvalue weighted by Gasteiger charge is -2.01. The molecule has 2 aromatic heterocycles. The Balaban J connectivity index is 2.07. The molecule has 0 saturated heterocycles. The number of nitrogens with zero attached hydrogens (tertiary/aromatic N) is 2. The second-order valence-electron chi connectivity index (χ2n) is 3.71. The number of hydrogen-bond donors (Lipinski definition) is 3. The van der Waals surface area contributed by atoms with Gasteiger partial charge in [0, 0.05) is 6.20 Å². The van der Waals surface area contributed by atoms with Crippen molar-refractivity contribution >= 4 is 0 Å². The first-order valence-electron chi connectivity index (χ1n) is 5.25. The smallest absolute Gasteiger partial charge is 0.278 e. The van der Waals surface area contributed by atoms with E-state index in [1.807, 2.05) is 18.2 Å². The van der Waals surface area contributed by atoms with E-state index in [1.54, 1.807) is 18.3 Å². The summed E-state index contributed by atoms with van der Waals surface area (Å²) < 4.78 is 1.02. The summed E-state index contributed by atoms with van der Waals surface area (Å²) in [6.07, 6.45) is 1.66. The van der Waals surface area contributed by atoms with Crippen LogP contribution in [0.3, 0.4) is 0 Å². The first kappa shape index (κ1) is 10.3. The maximum absolute atomic E-state index is 11.4. The molecule has 0 spiro atoms. The van der Waals surface area contributed by atoms with Gasteiger partial charge in [0.05, 0.1) is 11.4 Å². The Hall–Kier alpha value is -2.83. The van der Waals surface area contributed by atoms with Crippen LogP contribution in [0.5, 0.6) is 0 Å². The zero-order valence-corrected chi connectivity index (χ0v) is 9.18. The predicted molar refractivity (Wildman–Crippen MR) is 64.6 cm³/mol. The van der Waals surface area contributed by atoms with E-state index in [-0.39, 0.29) is 0 Å². The highest BCUT2D eigenvalue weighted by Gasteiger charge is 2.06. The fraction of sp³-hybridized carbons (Fsp3) is 0. The van der Waals surface area contributed by atoms with Crippen LogP contribution in [0.2, 0.25) is 0 Å². The van der Waals surface area contributed by atoms with Crippen molar-refractivity contribution in [2.45, 2.75) is 0 Å². The van der Waals surface area contributed by atoms with Gasteiger partial charge in [-0.3, -0.25) is 5.10 Å². The topological polar surface area (TPSA) is 99.3 Å². The van der Waals surface area contributed by atoms with E-state index in [4.69, 9.17) is 0 Å². The van der Waals surface area contributed by atoms with E-state index in [0.717, 1.165) is 15.8 Å². The Morgan fingerprint density at radius 1 is 0.944 bits per heavy atom. The second-order valence-corrected chi connectivity index (χ2v) is 3.71. The quantitative estimate of drug-likeness (QED) is 0.601. The minimum Gasteiger partial charge on any atom is -0.278 e. The van der Waals surface area contributed by atoms with Crippen LogP contribution in [-0.2, 0) is 0 Å². The largest absolute Gasteiger partial charge is 0.348 e. The molecule has 1 aromatic carbocycles. The van der Waals surface area contributed by atoms with E-state index < -0.39 is 11.4 Å². The summed E-state index contributed by atoms with van der Waals surface area (Å²) >= 11 is 0. The molecule has 0 unspecified atom stereocenters. The van der Waals surface area contributed by atoms with Crippen molar-refractivity contribution in [2.75, 3.05) is 0 Å². The summed E-state index contributed by atoms with van der Waals surface area (Å²) in [6, 6.07) is 8.84. The minimum atomic E-state index is -0.491.